The maximum Gasteiger partial charge on any atom is 0.205 e. The number of hydrogen-bond donors (Lipinski definition) is 1. The summed E-state index contributed by atoms with van der Waals surface area (Å²) in [4.78, 5) is 11.5. The Hall–Kier alpha value is -6.41. The minimum Gasteiger partial charge on any atom is -0.399 e. The molecule has 8 heteroatoms. The first-order valence-corrected chi connectivity index (χ1v) is 17.3. The normalized spacial score (nSPS) is 11.7. The highest BCUT2D eigenvalue weighted by atomic mass is 15.6. The van der Waals surface area contributed by atoms with Gasteiger partial charge in [0.1, 0.15) is 11.3 Å². The number of nitrogens with zero attached hydrogens (tertiary/aromatic N) is 7. The molecule has 0 spiro atoms. The Balaban J connectivity index is 1.21. The van der Waals surface area contributed by atoms with Gasteiger partial charge in [0.25, 0.3) is 0 Å². The van der Waals surface area contributed by atoms with Crippen molar-refractivity contribution in [2.45, 2.75) is 39.3 Å². The largest absolute Gasteiger partial charge is 0.399 e. The van der Waals surface area contributed by atoms with Gasteiger partial charge in [0.15, 0.2) is 11.2 Å². The zero-order chi connectivity index (χ0) is 35.0. The molecule has 0 fully saturated rings. The van der Waals surface area contributed by atoms with E-state index in [9.17, 15) is 0 Å². The summed E-state index contributed by atoms with van der Waals surface area (Å²) >= 11 is 0. The summed E-state index contributed by atoms with van der Waals surface area (Å²) in [5.41, 5.74) is 17.2. The van der Waals surface area contributed by atoms with Crippen molar-refractivity contribution in [1.29, 1.82) is 0 Å². The molecule has 250 valence electrons. The minimum atomic E-state index is -0.870. The molecule has 5 aromatic carbocycles. The number of fused-ring (bicyclic) bond motifs is 1. The highest BCUT2D eigenvalue weighted by Crippen LogP contribution is 2.40. The van der Waals surface area contributed by atoms with Gasteiger partial charge in [-0.05, 0) is 82.3 Å². The quantitative estimate of drug-likeness (QED) is 0.123. The third-order valence-electron chi connectivity index (χ3n) is 9.60. The Morgan fingerprint density at radius 3 is 1.86 bits per heavy atom. The van der Waals surface area contributed by atoms with Crippen LogP contribution < -0.4 is 5.73 Å². The van der Waals surface area contributed by atoms with Crippen LogP contribution in [0.2, 0.25) is 0 Å². The van der Waals surface area contributed by atoms with Crippen molar-refractivity contribution < 1.29 is 0 Å². The Kier molecular flexibility index (Phi) is 8.20. The standard InChI is InChI=1S/C43H38N8/c1-4-39-46-40-29(2)26-30(3)45-42(40)50(39)28-31-20-22-32(23-21-31)38-27-36(44)24-25-37(38)41-47-49-51(48-41)43(33-14-8-5-9-15-33,34-16-10-6-11-17-34)35-18-12-7-13-19-35/h5-27H,4,28,44H2,1-3H3. The Morgan fingerprint density at radius 2 is 1.27 bits per heavy atom. The predicted molar refractivity (Wildman–Crippen MR) is 203 cm³/mol. The van der Waals surface area contributed by atoms with E-state index in [2.05, 4.69) is 85.1 Å². The van der Waals surface area contributed by atoms with Gasteiger partial charge in [-0.1, -0.05) is 122 Å². The van der Waals surface area contributed by atoms with Crippen molar-refractivity contribution in [2.24, 2.45) is 0 Å². The van der Waals surface area contributed by atoms with E-state index < -0.39 is 5.54 Å². The summed E-state index contributed by atoms with van der Waals surface area (Å²) in [5, 5.41) is 14.7. The fraction of sp³-hybridized carbons (Fsp3) is 0.140. The molecule has 51 heavy (non-hydrogen) atoms. The number of rotatable bonds is 9. The topological polar surface area (TPSA) is 100 Å². The molecular weight excluding hydrogens is 629 g/mol. The van der Waals surface area contributed by atoms with E-state index in [-0.39, 0.29) is 0 Å². The van der Waals surface area contributed by atoms with Gasteiger partial charge < -0.3 is 10.3 Å². The van der Waals surface area contributed by atoms with Crippen LogP contribution in [0.5, 0.6) is 0 Å². The van der Waals surface area contributed by atoms with Crippen LogP contribution in [-0.4, -0.2) is 34.7 Å². The van der Waals surface area contributed by atoms with Crippen LogP contribution in [0.15, 0.2) is 140 Å². The monoisotopic (exact) mass is 666 g/mol. The summed E-state index contributed by atoms with van der Waals surface area (Å²) in [6, 6.07) is 47.6. The van der Waals surface area contributed by atoms with Gasteiger partial charge >= 0.3 is 0 Å². The third-order valence-corrected chi connectivity index (χ3v) is 9.60. The van der Waals surface area contributed by atoms with E-state index in [4.69, 9.17) is 31.1 Å². The molecule has 8 aromatic rings. The molecule has 8 nitrogen and oxygen atoms in total. The summed E-state index contributed by atoms with van der Waals surface area (Å²) in [7, 11) is 0. The molecule has 0 aliphatic rings. The summed E-state index contributed by atoms with van der Waals surface area (Å²) in [6.07, 6.45) is 0.827. The highest BCUT2D eigenvalue weighted by molar-refractivity contribution is 5.83. The molecule has 0 amide bonds. The Morgan fingerprint density at radius 1 is 0.667 bits per heavy atom. The lowest BCUT2D eigenvalue weighted by atomic mass is 9.77. The number of benzene rings is 5. The number of tetrazole rings is 1. The number of nitrogen functional groups attached to an aromatic ring is 1. The van der Waals surface area contributed by atoms with Crippen LogP contribution >= 0.6 is 0 Å². The lowest BCUT2D eigenvalue weighted by Gasteiger charge is -2.34. The van der Waals surface area contributed by atoms with Crippen LogP contribution in [-0.2, 0) is 18.5 Å². The fourth-order valence-corrected chi connectivity index (χ4v) is 7.20. The maximum absolute atomic E-state index is 6.40. The summed E-state index contributed by atoms with van der Waals surface area (Å²) < 4.78 is 2.23. The first-order chi connectivity index (χ1) is 24.9. The maximum atomic E-state index is 6.40. The number of aromatic nitrogens is 7. The zero-order valence-electron chi connectivity index (χ0n) is 28.9. The molecule has 3 aromatic heterocycles. The number of aryl methyl sites for hydroxylation is 3. The number of nitrogens with two attached hydrogens (primary N) is 1. The molecule has 0 radical (unpaired) electrons. The zero-order valence-corrected chi connectivity index (χ0v) is 28.9. The van der Waals surface area contributed by atoms with E-state index in [1.165, 1.54) is 0 Å². The lowest BCUT2D eigenvalue weighted by molar-refractivity contribution is 0.396. The first kappa shape index (κ1) is 31.8. The van der Waals surface area contributed by atoms with Crippen molar-refractivity contribution in [3.05, 3.63) is 179 Å². The SMILES string of the molecule is CCc1nc2c(C)cc(C)nc2n1Cc1ccc(-c2cc(N)ccc2-c2nnn(C(c3ccccc3)(c3ccccc3)c3ccccc3)n2)cc1. The van der Waals surface area contributed by atoms with Crippen LogP contribution in [0.25, 0.3) is 33.7 Å². The molecule has 3 heterocycles. The van der Waals surface area contributed by atoms with E-state index >= 15 is 0 Å². The number of pyridine rings is 1. The van der Waals surface area contributed by atoms with Crippen LogP contribution in [0, 0.1) is 13.8 Å². The highest BCUT2D eigenvalue weighted by Gasteiger charge is 2.41. The molecule has 2 N–H and O–H groups in total. The molecule has 0 saturated heterocycles. The first-order valence-electron chi connectivity index (χ1n) is 17.3. The van der Waals surface area contributed by atoms with Crippen molar-refractivity contribution in [3.8, 4) is 22.5 Å². The fourth-order valence-electron chi connectivity index (χ4n) is 7.20. The van der Waals surface area contributed by atoms with E-state index in [1.54, 1.807) is 4.80 Å². The number of imidazole rings is 1. The van der Waals surface area contributed by atoms with Crippen molar-refractivity contribution in [2.75, 3.05) is 5.73 Å². The van der Waals surface area contributed by atoms with Crippen LogP contribution in [0.1, 0.15) is 46.3 Å². The average Bonchev–Trinajstić information content (AvgIpc) is 3.79. The third kappa shape index (κ3) is 5.64. The van der Waals surface area contributed by atoms with Crippen LogP contribution in [0.4, 0.5) is 5.69 Å². The average molecular weight is 667 g/mol. The van der Waals surface area contributed by atoms with Gasteiger partial charge in [0, 0.05) is 23.4 Å². The van der Waals surface area contributed by atoms with E-state index in [0.717, 1.165) is 73.6 Å². The number of anilines is 1. The lowest BCUT2D eigenvalue weighted by Crippen LogP contribution is -2.39. The molecule has 0 bridgehead atoms. The molecular formula is C43H38N8. The smallest absolute Gasteiger partial charge is 0.205 e. The van der Waals surface area contributed by atoms with Crippen molar-refractivity contribution in [3.63, 3.8) is 0 Å². The van der Waals surface area contributed by atoms with E-state index in [0.29, 0.717) is 18.1 Å². The molecule has 0 aliphatic heterocycles. The van der Waals surface area contributed by atoms with Gasteiger partial charge in [0.2, 0.25) is 5.82 Å². The Labute approximate surface area is 297 Å². The molecule has 8 rings (SSSR count). The number of hydrogen-bond acceptors (Lipinski definition) is 6. The minimum absolute atomic E-state index is 0.510. The Bertz CT molecular complexity index is 2350. The molecule has 0 saturated carbocycles. The summed E-state index contributed by atoms with van der Waals surface area (Å²) in [6.45, 7) is 6.95. The van der Waals surface area contributed by atoms with E-state index in [1.807, 2.05) is 79.7 Å². The second-order valence-corrected chi connectivity index (χ2v) is 12.9. The van der Waals surface area contributed by atoms with Gasteiger partial charge in [-0.25, -0.2) is 9.97 Å². The van der Waals surface area contributed by atoms with Gasteiger partial charge in [-0.15, -0.1) is 15.0 Å². The van der Waals surface area contributed by atoms with Gasteiger partial charge in [-0.3, -0.25) is 0 Å². The predicted octanol–water partition coefficient (Wildman–Crippen LogP) is 8.40. The summed E-state index contributed by atoms with van der Waals surface area (Å²) in [5.74, 6) is 1.54. The van der Waals surface area contributed by atoms with Gasteiger partial charge in [0.05, 0.1) is 6.54 Å². The second-order valence-electron chi connectivity index (χ2n) is 12.9. The molecule has 0 atom stereocenters. The van der Waals surface area contributed by atoms with Crippen molar-refractivity contribution in [1.82, 2.24) is 34.7 Å². The molecule has 0 aliphatic carbocycles. The van der Waals surface area contributed by atoms with Crippen molar-refractivity contribution >= 4 is 16.9 Å². The second kappa shape index (κ2) is 13.1. The van der Waals surface area contributed by atoms with Gasteiger partial charge in [-0.2, -0.15) is 0 Å². The molecule has 0 unspecified atom stereocenters. The van der Waals surface area contributed by atoms with Crippen LogP contribution in [0.3, 0.4) is 0 Å².